The topological polar surface area (TPSA) is 3.24 Å². The Morgan fingerprint density at radius 2 is 0.966 bits per heavy atom. The second-order valence-electron chi connectivity index (χ2n) is 18.5. The molecule has 282 valence electrons. The smallest absolute Gasteiger partial charge is 0.0540 e. The minimum absolute atomic E-state index is 0.0713. The van der Waals surface area contributed by atoms with E-state index in [2.05, 4.69) is 222 Å². The first-order valence-electron chi connectivity index (χ1n) is 21.0. The highest BCUT2D eigenvalue weighted by molar-refractivity contribution is 6.00. The highest BCUT2D eigenvalue weighted by Gasteiger charge is 2.45. The third-order valence-electron chi connectivity index (χ3n) is 14.4. The summed E-state index contributed by atoms with van der Waals surface area (Å²) in [7, 11) is 0. The molecule has 0 N–H and O–H groups in total. The molecule has 0 radical (unpaired) electrons. The van der Waals surface area contributed by atoms with Crippen molar-refractivity contribution in [3.8, 4) is 33.4 Å². The van der Waals surface area contributed by atoms with Crippen molar-refractivity contribution in [3.63, 3.8) is 0 Å². The molecule has 0 aromatic heterocycles. The molecule has 0 aliphatic heterocycles. The van der Waals surface area contributed by atoms with E-state index in [-0.39, 0.29) is 16.2 Å². The molecule has 7 aromatic rings. The maximum atomic E-state index is 2.56. The normalized spacial score (nSPS) is 19.3. The van der Waals surface area contributed by atoms with Gasteiger partial charge in [0.1, 0.15) is 0 Å². The van der Waals surface area contributed by atoms with Crippen LogP contribution in [0.3, 0.4) is 0 Å². The summed E-state index contributed by atoms with van der Waals surface area (Å²) >= 11 is 0. The molecular formula is C57H49N. The van der Waals surface area contributed by atoms with Gasteiger partial charge in [-0.05, 0) is 102 Å². The lowest BCUT2D eigenvalue weighted by atomic mass is 9.73. The summed E-state index contributed by atoms with van der Waals surface area (Å²) in [5.41, 5.74) is 22.2. The Hall–Kier alpha value is -6.18. The molecule has 58 heavy (non-hydrogen) atoms. The van der Waals surface area contributed by atoms with Gasteiger partial charge in [0.2, 0.25) is 0 Å². The highest BCUT2D eigenvalue weighted by atomic mass is 15.1. The largest absolute Gasteiger partial charge is 0.309 e. The quantitative estimate of drug-likeness (QED) is 0.169. The fourth-order valence-electron chi connectivity index (χ4n) is 11.4. The van der Waals surface area contributed by atoms with Crippen LogP contribution in [-0.2, 0) is 16.2 Å². The van der Waals surface area contributed by atoms with Gasteiger partial charge in [-0.15, -0.1) is 0 Å². The number of fused-ring (bicyclic) bond motifs is 9. The lowest BCUT2D eigenvalue weighted by Crippen LogP contribution is -2.25. The standard InChI is InChI=1S/C57H49N/c1-55(2)46-24-12-7-19-39(46)44-34-36(30-32-49(44)55)38-18-10-15-28-52(38)58(37-31-33-50-45(35-37)40-20-8-13-25-47(40)56(50,3)4)53-29-16-11-21-41(53)42-23-17-27-51-54(42)43-22-9-14-26-48(43)57(51,5)6/h7-35,44,49H,1-6H3. The maximum Gasteiger partial charge on any atom is 0.0540 e. The van der Waals surface area contributed by atoms with Gasteiger partial charge in [0.05, 0.1) is 11.4 Å². The fourth-order valence-corrected chi connectivity index (χ4v) is 11.4. The van der Waals surface area contributed by atoms with E-state index in [1.165, 1.54) is 89.3 Å². The molecule has 2 unspecified atom stereocenters. The summed E-state index contributed by atoms with van der Waals surface area (Å²) in [6.45, 7) is 14.3. The van der Waals surface area contributed by atoms with Crippen molar-refractivity contribution < 1.29 is 0 Å². The SMILES string of the molecule is CC1(C)c2ccccc2-c2cc(N(c3ccccc3C3=CC4c5ccccc5C(C)(C)C4C=C3)c3ccccc3-c3cccc4c3-c3ccccc3C4(C)C)ccc21. The van der Waals surface area contributed by atoms with Crippen LogP contribution in [0.2, 0.25) is 0 Å². The van der Waals surface area contributed by atoms with Gasteiger partial charge < -0.3 is 4.90 Å². The van der Waals surface area contributed by atoms with Crippen LogP contribution in [-0.4, -0.2) is 0 Å². The van der Waals surface area contributed by atoms with Gasteiger partial charge in [-0.25, -0.2) is 0 Å². The van der Waals surface area contributed by atoms with Gasteiger partial charge in [0.25, 0.3) is 0 Å². The van der Waals surface area contributed by atoms with Crippen LogP contribution in [0, 0.1) is 5.92 Å². The molecular weight excluding hydrogens is 699 g/mol. The third kappa shape index (κ3) is 4.83. The van der Waals surface area contributed by atoms with Gasteiger partial charge in [0, 0.05) is 33.6 Å². The van der Waals surface area contributed by atoms with Gasteiger partial charge in [-0.1, -0.05) is 193 Å². The van der Waals surface area contributed by atoms with Crippen molar-refractivity contribution in [2.45, 2.75) is 63.7 Å². The van der Waals surface area contributed by atoms with Crippen LogP contribution in [0.1, 0.15) is 86.4 Å². The summed E-state index contributed by atoms with van der Waals surface area (Å²) in [6, 6.07) is 59.4. The molecule has 4 aliphatic rings. The summed E-state index contributed by atoms with van der Waals surface area (Å²) in [5.74, 6) is 0.749. The zero-order valence-corrected chi connectivity index (χ0v) is 34.3. The minimum atomic E-state index is -0.0889. The van der Waals surface area contributed by atoms with Crippen LogP contribution in [0.4, 0.5) is 17.1 Å². The van der Waals surface area contributed by atoms with Gasteiger partial charge in [0.15, 0.2) is 0 Å². The highest BCUT2D eigenvalue weighted by Crippen LogP contribution is 2.57. The predicted molar refractivity (Wildman–Crippen MR) is 245 cm³/mol. The predicted octanol–water partition coefficient (Wildman–Crippen LogP) is 15.1. The molecule has 7 aromatic carbocycles. The van der Waals surface area contributed by atoms with E-state index < -0.39 is 0 Å². The fraction of sp³-hybridized carbons (Fsp3) is 0.193. The zero-order chi connectivity index (χ0) is 39.6. The number of hydrogen-bond donors (Lipinski definition) is 0. The van der Waals surface area contributed by atoms with E-state index in [0.29, 0.717) is 11.8 Å². The molecule has 11 rings (SSSR count). The molecule has 0 fully saturated rings. The first-order chi connectivity index (χ1) is 28.1. The van der Waals surface area contributed by atoms with E-state index in [1.54, 1.807) is 0 Å². The molecule has 1 heteroatoms. The number of benzene rings is 7. The van der Waals surface area contributed by atoms with Crippen LogP contribution in [0.25, 0.3) is 39.0 Å². The van der Waals surface area contributed by atoms with Crippen LogP contribution in [0.15, 0.2) is 176 Å². The van der Waals surface area contributed by atoms with Crippen LogP contribution in [0.5, 0.6) is 0 Å². The summed E-state index contributed by atoms with van der Waals surface area (Å²) < 4.78 is 0. The molecule has 4 aliphatic carbocycles. The number of nitrogens with zero attached hydrogens (tertiary/aromatic N) is 1. The third-order valence-corrected chi connectivity index (χ3v) is 14.4. The van der Waals surface area contributed by atoms with E-state index >= 15 is 0 Å². The second kappa shape index (κ2) is 12.4. The van der Waals surface area contributed by atoms with Gasteiger partial charge in [-0.3, -0.25) is 0 Å². The van der Waals surface area contributed by atoms with E-state index in [9.17, 15) is 0 Å². The zero-order valence-electron chi connectivity index (χ0n) is 34.3. The molecule has 0 spiro atoms. The second-order valence-corrected chi connectivity index (χ2v) is 18.5. The molecule has 0 saturated carbocycles. The molecule has 0 saturated heterocycles. The number of allylic oxidation sites excluding steroid dienone is 4. The number of para-hydroxylation sites is 2. The van der Waals surface area contributed by atoms with E-state index in [1.807, 2.05) is 0 Å². The Balaban J connectivity index is 1.15. The number of rotatable bonds is 5. The van der Waals surface area contributed by atoms with Crippen molar-refractivity contribution >= 4 is 22.6 Å². The minimum Gasteiger partial charge on any atom is -0.309 e. The lowest BCUT2D eigenvalue weighted by Gasteiger charge is -2.33. The van der Waals surface area contributed by atoms with Crippen molar-refractivity contribution in [2.24, 2.45) is 5.92 Å². The van der Waals surface area contributed by atoms with Crippen molar-refractivity contribution in [1.82, 2.24) is 0 Å². The van der Waals surface area contributed by atoms with Crippen molar-refractivity contribution in [3.05, 3.63) is 215 Å². The van der Waals surface area contributed by atoms with Crippen LogP contribution >= 0.6 is 0 Å². The van der Waals surface area contributed by atoms with Gasteiger partial charge >= 0.3 is 0 Å². The first kappa shape index (κ1) is 35.0. The van der Waals surface area contributed by atoms with Crippen molar-refractivity contribution in [1.29, 1.82) is 0 Å². The van der Waals surface area contributed by atoms with Gasteiger partial charge in [-0.2, -0.15) is 0 Å². The summed E-state index contributed by atoms with van der Waals surface area (Å²) in [5, 5.41) is 0. The monoisotopic (exact) mass is 747 g/mol. The average molecular weight is 748 g/mol. The molecule has 2 atom stereocenters. The summed E-state index contributed by atoms with van der Waals surface area (Å²) in [6.07, 6.45) is 7.46. The molecule has 1 nitrogen and oxygen atoms in total. The lowest BCUT2D eigenvalue weighted by molar-refractivity contribution is 0.395. The van der Waals surface area contributed by atoms with Crippen molar-refractivity contribution in [2.75, 3.05) is 4.90 Å². The van der Waals surface area contributed by atoms with E-state index in [4.69, 9.17) is 0 Å². The Morgan fingerprint density at radius 1 is 0.431 bits per heavy atom. The van der Waals surface area contributed by atoms with Crippen LogP contribution < -0.4 is 4.90 Å². The molecule has 0 amide bonds. The average Bonchev–Trinajstić information content (AvgIpc) is 3.74. The summed E-state index contributed by atoms with van der Waals surface area (Å²) in [4.78, 5) is 2.55. The molecule has 0 bridgehead atoms. The Bertz CT molecular complexity index is 2890. The first-order valence-corrected chi connectivity index (χ1v) is 21.0. The number of hydrogen-bond acceptors (Lipinski definition) is 1. The van der Waals surface area contributed by atoms with E-state index in [0.717, 1.165) is 5.69 Å². The number of anilines is 3. The maximum absolute atomic E-state index is 2.56. The molecule has 0 heterocycles. The Kier molecular flexibility index (Phi) is 7.49. The Labute approximate surface area is 344 Å². The Morgan fingerprint density at radius 3 is 1.72 bits per heavy atom.